The summed E-state index contributed by atoms with van der Waals surface area (Å²) in [5.41, 5.74) is 8.73. The fourth-order valence-corrected chi connectivity index (χ4v) is 4.00. The number of nitrogens with two attached hydrogens (primary N) is 1. The SMILES string of the molecule is CC(c1cnn(-c2ccccc2F)c1)c1c(C#N)c(-c2cnc(C(F)F)nc2)c2c(N)ncnn12. The summed E-state index contributed by atoms with van der Waals surface area (Å²) in [5, 5.41) is 18.7. The molecule has 1 atom stereocenters. The molecule has 5 aromatic rings. The first kappa shape index (κ1) is 22.0. The van der Waals surface area contributed by atoms with Crippen molar-refractivity contribution >= 4 is 11.3 Å². The summed E-state index contributed by atoms with van der Waals surface area (Å²) >= 11 is 0. The van der Waals surface area contributed by atoms with E-state index in [2.05, 4.69) is 31.2 Å². The van der Waals surface area contributed by atoms with E-state index in [4.69, 9.17) is 5.73 Å². The van der Waals surface area contributed by atoms with Crippen LogP contribution in [0.2, 0.25) is 0 Å². The van der Waals surface area contributed by atoms with Crippen LogP contribution in [0.1, 0.15) is 41.9 Å². The van der Waals surface area contributed by atoms with E-state index < -0.39 is 24.0 Å². The number of fused-ring (bicyclic) bond motifs is 1. The van der Waals surface area contributed by atoms with Crippen LogP contribution in [0.3, 0.4) is 0 Å². The molecule has 0 spiro atoms. The van der Waals surface area contributed by atoms with Crippen molar-refractivity contribution in [2.75, 3.05) is 5.73 Å². The summed E-state index contributed by atoms with van der Waals surface area (Å²) in [6.45, 7) is 1.84. The van der Waals surface area contributed by atoms with Gasteiger partial charge in [0.2, 0.25) is 0 Å². The van der Waals surface area contributed by atoms with Gasteiger partial charge in [-0.05, 0) is 17.7 Å². The molecule has 0 aliphatic rings. The van der Waals surface area contributed by atoms with Crippen LogP contribution in [0.25, 0.3) is 22.3 Å². The van der Waals surface area contributed by atoms with Crippen LogP contribution in [0, 0.1) is 17.1 Å². The Hall–Kier alpha value is -4.79. The van der Waals surface area contributed by atoms with Crippen molar-refractivity contribution in [1.82, 2.24) is 34.3 Å². The Balaban J connectivity index is 1.69. The van der Waals surface area contributed by atoms with Gasteiger partial charge in [0.25, 0.3) is 6.43 Å². The summed E-state index contributed by atoms with van der Waals surface area (Å²) in [5.74, 6) is -1.42. The maximum absolute atomic E-state index is 14.3. The molecule has 0 saturated carbocycles. The van der Waals surface area contributed by atoms with Gasteiger partial charge in [0.15, 0.2) is 11.6 Å². The van der Waals surface area contributed by atoms with Crippen LogP contribution in [-0.2, 0) is 0 Å². The zero-order valence-electron chi connectivity index (χ0n) is 18.1. The van der Waals surface area contributed by atoms with E-state index in [-0.39, 0.29) is 17.1 Å². The molecule has 9 nitrogen and oxygen atoms in total. The molecule has 0 amide bonds. The molecule has 35 heavy (non-hydrogen) atoms. The molecule has 0 aliphatic heterocycles. The molecular formula is C23H16F3N9. The number of benzene rings is 1. The van der Waals surface area contributed by atoms with Gasteiger partial charge in [-0.1, -0.05) is 19.1 Å². The molecule has 1 aromatic carbocycles. The van der Waals surface area contributed by atoms with Crippen LogP contribution in [0.4, 0.5) is 19.0 Å². The monoisotopic (exact) mass is 475 g/mol. The smallest absolute Gasteiger partial charge is 0.297 e. The van der Waals surface area contributed by atoms with Gasteiger partial charge >= 0.3 is 0 Å². The molecule has 0 fully saturated rings. The second kappa shape index (κ2) is 8.53. The Morgan fingerprint density at radius 2 is 1.80 bits per heavy atom. The molecule has 0 radical (unpaired) electrons. The minimum absolute atomic E-state index is 0.0879. The number of alkyl halides is 2. The Bertz CT molecular complexity index is 1580. The lowest BCUT2D eigenvalue weighted by Gasteiger charge is -2.10. The van der Waals surface area contributed by atoms with Gasteiger partial charge in [-0.25, -0.2) is 37.3 Å². The predicted octanol–water partition coefficient (Wildman–Crippen LogP) is 4.05. The summed E-state index contributed by atoms with van der Waals surface area (Å²) in [6, 6.07) is 8.40. The van der Waals surface area contributed by atoms with Crippen molar-refractivity contribution < 1.29 is 13.2 Å². The van der Waals surface area contributed by atoms with Crippen LogP contribution < -0.4 is 5.73 Å². The Kier molecular flexibility index (Phi) is 5.37. The van der Waals surface area contributed by atoms with Crippen LogP contribution in [-0.4, -0.2) is 34.3 Å². The molecular weight excluding hydrogens is 459 g/mol. The van der Waals surface area contributed by atoms with Crippen molar-refractivity contribution in [2.45, 2.75) is 19.3 Å². The number of rotatable bonds is 5. The van der Waals surface area contributed by atoms with E-state index in [1.54, 1.807) is 30.6 Å². The fraction of sp³-hybridized carbons (Fsp3) is 0.130. The maximum Gasteiger partial charge on any atom is 0.297 e. The third kappa shape index (κ3) is 3.63. The van der Waals surface area contributed by atoms with Crippen molar-refractivity contribution in [3.05, 3.63) is 83.8 Å². The first-order chi connectivity index (χ1) is 16.9. The lowest BCUT2D eigenvalue weighted by molar-refractivity contribution is 0.140. The molecule has 2 N–H and O–H groups in total. The van der Waals surface area contributed by atoms with Crippen LogP contribution >= 0.6 is 0 Å². The number of nitriles is 1. The van der Waals surface area contributed by atoms with Crippen molar-refractivity contribution in [1.29, 1.82) is 5.26 Å². The van der Waals surface area contributed by atoms with Gasteiger partial charge in [0.05, 0.1) is 17.5 Å². The highest BCUT2D eigenvalue weighted by atomic mass is 19.3. The molecule has 0 aliphatic carbocycles. The number of halogens is 3. The molecule has 174 valence electrons. The quantitative estimate of drug-likeness (QED) is 0.407. The number of nitrogen functional groups attached to an aromatic ring is 1. The Morgan fingerprint density at radius 1 is 1.06 bits per heavy atom. The lowest BCUT2D eigenvalue weighted by Crippen LogP contribution is -2.06. The van der Waals surface area contributed by atoms with E-state index in [0.29, 0.717) is 27.9 Å². The van der Waals surface area contributed by atoms with Crippen molar-refractivity contribution in [3.8, 4) is 22.9 Å². The number of anilines is 1. The summed E-state index contributed by atoms with van der Waals surface area (Å²) in [6.07, 6.45) is 4.07. The predicted molar refractivity (Wildman–Crippen MR) is 119 cm³/mol. The summed E-state index contributed by atoms with van der Waals surface area (Å²) in [4.78, 5) is 11.5. The van der Waals surface area contributed by atoms with E-state index in [0.717, 1.165) is 0 Å². The third-order valence-electron chi connectivity index (χ3n) is 5.67. The number of hydrogen-bond acceptors (Lipinski definition) is 7. The second-order valence-electron chi connectivity index (χ2n) is 7.67. The fourth-order valence-electron chi connectivity index (χ4n) is 4.00. The minimum Gasteiger partial charge on any atom is -0.382 e. The minimum atomic E-state index is -2.83. The van der Waals surface area contributed by atoms with Gasteiger partial charge in [0.1, 0.15) is 29.4 Å². The summed E-state index contributed by atoms with van der Waals surface area (Å²) < 4.78 is 43.1. The Labute approximate surface area is 196 Å². The number of nitrogens with zero attached hydrogens (tertiary/aromatic N) is 8. The molecule has 1 unspecified atom stereocenters. The average Bonchev–Trinajstić information content (AvgIpc) is 3.48. The zero-order valence-corrected chi connectivity index (χ0v) is 18.1. The van der Waals surface area contributed by atoms with Gasteiger partial charge in [0, 0.05) is 35.6 Å². The number of aromatic nitrogens is 7. The first-order valence-corrected chi connectivity index (χ1v) is 10.4. The first-order valence-electron chi connectivity index (χ1n) is 10.4. The van der Waals surface area contributed by atoms with Crippen LogP contribution in [0.5, 0.6) is 0 Å². The standard InChI is InChI=1S/C23H16F3N9/c1-12(14-9-32-34(10-14)17-5-3-2-4-16(17)24)19-15(6-27)18(20-22(28)31-11-33-35(19)20)13-7-29-23(21(25)26)30-8-13/h2-5,7-12,21H,1H3,(H2,28,31,33). The maximum atomic E-state index is 14.3. The highest BCUT2D eigenvalue weighted by Gasteiger charge is 2.28. The highest BCUT2D eigenvalue weighted by molar-refractivity contribution is 5.92. The van der Waals surface area contributed by atoms with E-state index >= 15 is 0 Å². The second-order valence-corrected chi connectivity index (χ2v) is 7.67. The molecule has 0 saturated heterocycles. The van der Waals surface area contributed by atoms with E-state index in [9.17, 15) is 18.4 Å². The van der Waals surface area contributed by atoms with Crippen molar-refractivity contribution in [3.63, 3.8) is 0 Å². The third-order valence-corrected chi connectivity index (χ3v) is 5.67. The highest BCUT2D eigenvalue weighted by Crippen LogP contribution is 2.39. The molecule has 5 rings (SSSR count). The Morgan fingerprint density at radius 3 is 2.49 bits per heavy atom. The topological polar surface area (TPSA) is 124 Å². The molecule has 0 bridgehead atoms. The van der Waals surface area contributed by atoms with Gasteiger partial charge in [-0.3, -0.25) is 0 Å². The average molecular weight is 475 g/mol. The molecule has 4 aromatic heterocycles. The largest absolute Gasteiger partial charge is 0.382 e. The van der Waals surface area contributed by atoms with Gasteiger partial charge in [-0.2, -0.15) is 15.5 Å². The number of para-hydroxylation sites is 1. The molecule has 12 heteroatoms. The van der Waals surface area contributed by atoms with Gasteiger partial charge in [-0.15, -0.1) is 0 Å². The lowest BCUT2D eigenvalue weighted by atomic mass is 9.95. The van der Waals surface area contributed by atoms with E-state index in [1.165, 1.54) is 34.0 Å². The normalized spacial score (nSPS) is 12.2. The van der Waals surface area contributed by atoms with E-state index in [1.807, 2.05) is 6.92 Å². The molecule has 4 heterocycles. The van der Waals surface area contributed by atoms with Crippen LogP contribution in [0.15, 0.2) is 55.4 Å². The number of hydrogen-bond donors (Lipinski definition) is 1. The summed E-state index contributed by atoms with van der Waals surface area (Å²) in [7, 11) is 0. The van der Waals surface area contributed by atoms with Crippen molar-refractivity contribution in [2.24, 2.45) is 0 Å². The zero-order chi connectivity index (χ0) is 24.7. The van der Waals surface area contributed by atoms with Gasteiger partial charge < -0.3 is 5.73 Å².